The molecular formula is C16H20ClNO2. The third kappa shape index (κ3) is 4.58. The van der Waals surface area contributed by atoms with E-state index < -0.39 is 0 Å². The van der Waals surface area contributed by atoms with E-state index >= 15 is 0 Å². The van der Waals surface area contributed by atoms with Crippen LogP contribution < -0.4 is 10.1 Å². The third-order valence-electron chi connectivity index (χ3n) is 3.08. The van der Waals surface area contributed by atoms with Crippen LogP contribution in [0.4, 0.5) is 5.69 Å². The van der Waals surface area contributed by atoms with Gasteiger partial charge < -0.3 is 14.8 Å². The van der Waals surface area contributed by atoms with Crippen molar-refractivity contribution >= 4 is 17.3 Å². The van der Waals surface area contributed by atoms with Gasteiger partial charge in [0.05, 0.1) is 31.0 Å². The van der Waals surface area contributed by atoms with E-state index in [1.165, 1.54) is 5.57 Å². The molecule has 1 N–H and O–H groups in total. The summed E-state index contributed by atoms with van der Waals surface area (Å²) in [5.41, 5.74) is 2.13. The smallest absolute Gasteiger partial charge is 0.121 e. The number of nitrogens with one attached hydrogen (secondary N) is 1. The van der Waals surface area contributed by atoms with Gasteiger partial charge in [0.25, 0.3) is 0 Å². The molecule has 108 valence electrons. The molecular weight excluding hydrogens is 274 g/mol. The Hall–Kier alpha value is -1.45. The number of hydrogen-bond acceptors (Lipinski definition) is 3. The summed E-state index contributed by atoms with van der Waals surface area (Å²) in [6.07, 6.45) is 8.81. The summed E-state index contributed by atoms with van der Waals surface area (Å²) in [6.45, 7) is 2.02. The molecule has 0 aliphatic heterocycles. The highest BCUT2D eigenvalue weighted by molar-refractivity contribution is 6.33. The van der Waals surface area contributed by atoms with Crippen molar-refractivity contribution in [3.63, 3.8) is 0 Å². The Morgan fingerprint density at radius 1 is 1.30 bits per heavy atom. The second-order valence-electron chi connectivity index (χ2n) is 4.58. The zero-order valence-corrected chi connectivity index (χ0v) is 12.5. The minimum absolute atomic E-state index is 0.638. The topological polar surface area (TPSA) is 30.5 Å². The van der Waals surface area contributed by atoms with Gasteiger partial charge in [0.1, 0.15) is 5.75 Å². The van der Waals surface area contributed by atoms with Gasteiger partial charge in [-0.05, 0) is 30.5 Å². The van der Waals surface area contributed by atoms with Gasteiger partial charge in [0.2, 0.25) is 0 Å². The van der Waals surface area contributed by atoms with Crippen LogP contribution in [0.1, 0.15) is 12.8 Å². The molecule has 1 aromatic rings. The average Bonchev–Trinajstić information content (AvgIpc) is 2.50. The summed E-state index contributed by atoms with van der Waals surface area (Å²) < 4.78 is 10.8. The summed E-state index contributed by atoms with van der Waals surface area (Å²) in [4.78, 5) is 0. The summed E-state index contributed by atoms with van der Waals surface area (Å²) in [6, 6.07) is 5.54. The summed E-state index contributed by atoms with van der Waals surface area (Å²) in [5.74, 6) is 0.787. The summed E-state index contributed by atoms with van der Waals surface area (Å²) in [7, 11) is 1.64. The molecule has 1 aromatic carbocycles. The second kappa shape index (κ2) is 7.98. The van der Waals surface area contributed by atoms with Gasteiger partial charge in [0.15, 0.2) is 0 Å². The number of methoxy groups -OCH3 is 1. The molecule has 0 amide bonds. The van der Waals surface area contributed by atoms with E-state index in [9.17, 15) is 0 Å². The molecule has 0 fully saturated rings. The lowest BCUT2D eigenvalue weighted by atomic mass is 10.1. The Morgan fingerprint density at radius 2 is 2.20 bits per heavy atom. The van der Waals surface area contributed by atoms with Gasteiger partial charge in [-0.25, -0.2) is 0 Å². The lowest BCUT2D eigenvalue weighted by Gasteiger charge is -2.11. The van der Waals surface area contributed by atoms with E-state index in [0.717, 1.165) is 24.3 Å². The predicted octanol–water partition coefficient (Wildman–Crippen LogP) is 4.05. The van der Waals surface area contributed by atoms with Crippen LogP contribution in [0.25, 0.3) is 0 Å². The molecule has 1 aliphatic carbocycles. The third-order valence-corrected chi connectivity index (χ3v) is 3.41. The largest absolute Gasteiger partial charge is 0.497 e. The van der Waals surface area contributed by atoms with Crippen LogP contribution in [-0.2, 0) is 4.74 Å². The van der Waals surface area contributed by atoms with Crippen LogP contribution in [0.2, 0.25) is 5.02 Å². The Morgan fingerprint density at radius 3 is 2.95 bits per heavy atom. The summed E-state index contributed by atoms with van der Waals surface area (Å²) in [5, 5.41) is 3.93. The van der Waals surface area contributed by atoms with Gasteiger partial charge in [-0.3, -0.25) is 0 Å². The van der Waals surface area contributed by atoms with E-state index in [1.807, 2.05) is 18.2 Å². The van der Waals surface area contributed by atoms with Crippen LogP contribution in [0, 0.1) is 0 Å². The first-order chi connectivity index (χ1) is 9.79. The van der Waals surface area contributed by atoms with Crippen LogP contribution >= 0.6 is 11.6 Å². The fraction of sp³-hybridized carbons (Fsp3) is 0.375. The van der Waals surface area contributed by atoms with Gasteiger partial charge in [-0.2, -0.15) is 0 Å². The highest BCUT2D eigenvalue weighted by Gasteiger charge is 2.02. The number of ether oxygens (including phenoxy) is 2. The van der Waals surface area contributed by atoms with Crippen molar-refractivity contribution in [3.8, 4) is 5.75 Å². The van der Waals surface area contributed by atoms with Crippen LogP contribution in [0.15, 0.2) is 42.0 Å². The molecule has 0 aromatic heterocycles. The zero-order chi connectivity index (χ0) is 14.2. The van der Waals surface area contributed by atoms with E-state index in [4.69, 9.17) is 21.1 Å². The van der Waals surface area contributed by atoms with Gasteiger partial charge >= 0.3 is 0 Å². The van der Waals surface area contributed by atoms with Crippen molar-refractivity contribution in [1.29, 1.82) is 0 Å². The quantitative estimate of drug-likeness (QED) is 0.769. The number of rotatable bonds is 7. The number of allylic oxidation sites excluding steroid dienone is 2. The Labute approximate surface area is 125 Å². The molecule has 4 heteroatoms. The zero-order valence-electron chi connectivity index (χ0n) is 11.7. The molecule has 0 atom stereocenters. The van der Waals surface area contributed by atoms with Gasteiger partial charge in [-0.15, -0.1) is 0 Å². The molecule has 2 rings (SSSR count). The Kier molecular flexibility index (Phi) is 5.96. The Bertz CT molecular complexity index is 497. The van der Waals surface area contributed by atoms with E-state index in [0.29, 0.717) is 24.8 Å². The number of hydrogen-bond donors (Lipinski definition) is 1. The molecule has 0 saturated carbocycles. The molecule has 0 heterocycles. The van der Waals surface area contributed by atoms with Crippen molar-refractivity contribution < 1.29 is 9.47 Å². The second-order valence-corrected chi connectivity index (χ2v) is 4.99. The monoisotopic (exact) mass is 293 g/mol. The first kappa shape index (κ1) is 14.9. The number of anilines is 1. The molecule has 0 saturated heterocycles. The number of benzene rings is 1. The lowest BCUT2D eigenvalue weighted by molar-refractivity contribution is 0.168. The maximum atomic E-state index is 6.11. The van der Waals surface area contributed by atoms with E-state index in [1.54, 1.807) is 7.11 Å². The van der Waals surface area contributed by atoms with Gasteiger partial charge in [-0.1, -0.05) is 29.8 Å². The fourth-order valence-corrected chi connectivity index (χ4v) is 2.17. The van der Waals surface area contributed by atoms with E-state index in [2.05, 4.69) is 23.5 Å². The van der Waals surface area contributed by atoms with Crippen LogP contribution in [0.3, 0.4) is 0 Å². The standard InChI is InChI=1S/C16H20ClNO2/c1-19-14-7-8-15(17)16(11-14)18-9-10-20-12-13-5-3-2-4-6-13/h3,5-8,11,18H,2,4,9-10,12H2,1H3. The first-order valence-electron chi connectivity index (χ1n) is 6.80. The summed E-state index contributed by atoms with van der Waals surface area (Å²) >= 11 is 6.11. The minimum atomic E-state index is 0.638. The first-order valence-corrected chi connectivity index (χ1v) is 7.18. The molecule has 3 nitrogen and oxygen atoms in total. The predicted molar refractivity (Wildman–Crippen MR) is 83.8 cm³/mol. The Balaban J connectivity index is 1.70. The maximum Gasteiger partial charge on any atom is 0.121 e. The SMILES string of the molecule is COc1ccc(Cl)c(NCCOCC2=CCCC=C2)c1. The molecule has 0 bridgehead atoms. The molecule has 20 heavy (non-hydrogen) atoms. The normalized spacial score (nSPS) is 14.0. The van der Waals surface area contributed by atoms with Crippen molar-refractivity contribution in [2.24, 2.45) is 0 Å². The molecule has 0 radical (unpaired) electrons. The average molecular weight is 294 g/mol. The van der Waals surface area contributed by atoms with Crippen molar-refractivity contribution in [1.82, 2.24) is 0 Å². The van der Waals surface area contributed by atoms with E-state index in [-0.39, 0.29) is 0 Å². The highest BCUT2D eigenvalue weighted by atomic mass is 35.5. The van der Waals surface area contributed by atoms with Gasteiger partial charge in [0, 0.05) is 12.6 Å². The maximum absolute atomic E-state index is 6.11. The van der Waals surface area contributed by atoms with Crippen LogP contribution in [-0.4, -0.2) is 26.9 Å². The van der Waals surface area contributed by atoms with Crippen molar-refractivity contribution in [2.45, 2.75) is 12.8 Å². The minimum Gasteiger partial charge on any atom is -0.497 e. The number of halogens is 1. The molecule has 0 spiro atoms. The van der Waals surface area contributed by atoms with Crippen LogP contribution in [0.5, 0.6) is 5.75 Å². The highest BCUT2D eigenvalue weighted by Crippen LogP contribution is 2.26. The van der Waals surface area contributed by atoms with Crippen molar-refractivity contribution in [3.05, 3.63) is 47.0 Å². The fourth-order valence-electron chi connectivity index (χ4n) is 1.99. The molecule has 0 unspecified atom stereocenters. The lowest BCUT2D eigenvalue weighted by Crippen LogP contribution is -2.11. The molecule has 1 aliphatic rings. The van der Waals surface area contributed by atoms with Crippen molar-refractivity contribution in [2.75, 3.05) is 32.2 Å².